The molecule has 0 radical (unpaired) electrons. The maximum atomic E-state index is 11.8. The number of esters is 1. The molecule has 0 spiro atoms. The van der Waals surface area contributed by atoms with Crippen molar-refractivity contribution in [3.05, 3.63) is 16.8 Å². The summed E-state index contributed by atoms with van der Waals surface area (Å²) in [6.45, 7) is 3.63. The summed E-state index contributed by atoms with van der Waals surface area (Å²) in [6, 6.07) is 1.90. The molecule has 1 aromatic heterocycles. The molecule has 0 aliphatic carbocycles. The Morgan fingerprint density at radius 2 is 2.32 bits per heavy atom. The predicted octanol–water partition coefficient (Wildman–Crippen LogP) is 0.425. The highest BCUT2D eigenvalue weighted by atomic mass is 16.5. The maximum absolute atomic E-state index is 11.8. The minimum atomic E-state index is -0.602. The molecule has 7 heteroatoms. The number of rotatable bonds is 5. The first-order valence-corrected chi connectivity index (χ1v) is 5.78. The van der Waals surface area contributed by atoms with Gasteiger partial charge in [0, 0.05) is 6.54 Å². The van der Waals surface area contributed by atoms with Gasteiger partial charge < -0.3 is 20.9 Å². The first-order chi connectivity index (χ1) is 9.06. The van der Waals surface area contributed by atoms with Gasteiger partial charge in [-0.1, -0.05) is 0 Å². The van der Waals surface area contributed by atoms with Crippen LogP contribution in [0.4, 0.5) is 11.5 Å². The lowest BCUT2D eigenvalue weighted by Crippen LogP contribution is -2.16. The average Bonchev–Trinajstić information content (AvgIpc) is 2.36. The summed E-state index contributed by atoms with van der Waals surface area (Å²) in [7, 11) is 0. The van der Waals surface area contributed by atoms with Gasteiger partial charge in [0.1, 0.15) is 23.0 Å². The fourth-order valence-electron chi connectivity index (χ4n) is 1.60. The third-order valence-electron chi connectivity index (χ3n) is 2.41. The number of pyridine rings is 1. The van der Waals surface area contributed by atoms with Gasteiger partial charge in [-0.3, -0.25) is 0 Å². The Morgan fingerprint density at radius 3 is 2.84 bits per heavy atom. The second kappa shape index (κ2) is 6.56. The molecule has 0 atom stereocenters. The Morgan fingerprint density at radius 1 is 1.63 bits per heavy atom. The molecular formula is C12H16N4O3. The van der Waals surface area contributed by atoms with Crippen molar-refractivity contribution in [2.24, 2.45) is 0 Å². The predicted molar refractivity (Wildman–Crippen MR) is 69.6 cm³/mol. The number of hydrogen-bond donors (Lipinski definition) is 3. The quantitative estimate of drug-likeness (QED) is 0.659. The smallest absolute Gasteiger partial charge is 0.342 e. The Kier molecular flexibility index (Phi) is 5.09. The normalized spacial score (nSPS) is 9.79. The molecule has 0 amide bonds. The van der Waals surface area contributed by atoms with Gasteiger partial charge in [0.05, 0.1) is 24.6 Å². The zero-order chi connectivity index (χ0) is 14.4. The van der Waals surface area contributed by atoms with Crippen LogP contribution in [0, 0.1) is 18.3 Å². The van der Waals surface area contributed by atoms with Gasteiger partial charge >= 0.3 is 5.97 Å². The van der Waals surface area contributed by atoms with E-state index in [0.717, 1.165) is 0 Å². The van der Waals surface area contributed by atoms with Crippen LogP contribution in [0.15, 0.2) is 0 Å². The highest BCUT2D eigenvalue weighted by Gasteiger charge is 2.21. The van der Waals surface area contributed by atoms with E-state index in [0.29, 0.717) is 5.69 Å². The van der Waals surface area contributed by atoms with Crippen LogP contribution in [0.3, 0.4) is 0 Å². The summed E-state index contributed by atoms with van der Waals surface area (Å²) >= 11 is 0. The molecule has 1 heterocycles. The zero-order valence-electron chi connectivity index (χ0n) is 10.9. The molecule has 19 heavy (non-hydrogen) atoms. The van der Waals surface area contributed by atoms with Crippen molar-refractivity contribution in [1.29, 1.82) is 5.26 Å². The van der Waals surface area contributed by atoms with Crippen LogP contribution < -0.4 is 11.1 Å². The molecule has 0 fully saturated rings. The topological polar surface area (TPSA) is 121 Å². The van der Waals surface area contributed by atoms with E-state index in [1.807, 2.05) is 6.07 Å². The van der Waals surface area contributed by atoms with E-state index in [9.17, 15) is 4.79 Å². The van der Waals surface area contributed by atoms with E-state index in [-0.39, 0.29) is 42.4 Å². The summed E-state index contributed by atoms with van der Waals surface area (Å²) in [6.07, 6.45) is 0. The molecular weight excluding hydrogens is 248 g/mol. The van der Waals surface area contributed by atoms with Crippen molar-refractivity contribution in [3.8, 4) is 6.07 Å². The van der Waals surface area contributed by atoms with Gasteiger partial charge in [0.25, 0.3) is 0 Å². The third kappa shape index (κ3) is 3.11. The largest absolute Gasteiger partial charge is 0.462 e. The fraction of sp³-hybridized carbons (Fsp3) is 0.417. The number of aromatic nitrogens is 1. The van der Waals surface area contributed by atoms with E-state index in [4.69, 9.17) is 20.8 Å². The first-order valence-electron chi connectivity index (χ1n) is 5.78. The van der Waals surface area contributed by atoms with Crippen molar-refractivity contribution in [1.82, 2.24) is 4.98 Å². The number of nitriles is 1. The Balaban J connectivity index is 3.30. The van der Waals surface area contributed by atoms with Crippen LogP contribution in [0.2, 0.25) is 0 Å². The number of aryl methyl sites for hydroxylation is 1. The SMILES string of the molecule is CCOC(=O)c1c(C)nc(NCCO)c(C#N)c1N. The number of ether oxygens (including phenoxy) is 1. The highest BCUT2D eigenvalue weighted by Crippen LogP contribution is 2.26. The van der Waals surface area contributed by atoms with E-state index in [2.05, 4.69) is 10.3 Å². The minimum Gasteiger partial charge on any atom is -0.462 e. The van der Waals surface area contributed by atoms with Crippen LogP contribution in [0.25, 0.3) is 0 Å². The van der Waals surface area contributed by atoms with Gasteiger partial charge in [0.15, 0.2) is 0 Å². The Hall–Kier alpha value is -2.33. The number of aliphatic hydroxyl groups is 1. The standard InChI is InChI=1S/C12H16N4O3/c1-3-19-12(18)9-7(2)16-11(15-4-5-17)8(6-13)10(9)14/h17H,3-5H2,1-2H3,(H3,14,15,16). The summed E-state index contributed by atoms with van der Waals surface area (Å²) in [5.41, 5.74) is 6.42. The minimum absolute atomic E-state index is 0.0360. The van der Waals surface area contributed by atoms with E-state index in [1.54, 1.807) is 13.8 Å². The van der Waals surface area contributed by atoms with Gasteiger partial charge in [0.2, 0.25) is 0 Å². The molecule has 0 saturated heterocycles. The Labute approximate surface area is 111 Å². The van der Waals surface area contributed by atoms with Crippen LogP contribution >= 0.6 is 0 Å². The number of carbonyl (C=O) groups excluding carboxylic acids is 1. The summed E-state index contributed by atoms with van der Waals surface area (Å²) in [5, 5.41) is 20.6. The molecule has 102 valence electrons. The molecule has 0 aliphatic heterocycles. The third-order valence-corrected chi connectivity index (χ3v) is 2.41. The van der Waals surface area contributed by atoms with Gasteiger partial charge in [-0.2, -0.15) is 5.26 Å². The number of carbonyl (C=O) groups is 1. The lowest BCUT2D eigenvalue weighted by Gasteiger charge is -2.13. The first kappa shape index (κ1) is 14.7. The molecule has 7 nitrogen and oxygen atoms in total. The van der Waals surface area contributed by atoms with Gasteiger partial charge in [-0.15, -0.1) is 0 Å². The number of aliphatic hydroxyl groups excluding tert-OH is 1. The molecule has 4 N–H and O–H groups in total. The van der Waals surface area contributed by atoms with Crippen molar-refractivity contribution < 1.29 is 14.6 Å². The van der Waals surface area contributed by atoms with E-state index < -0.39 is 5.97 Å². The number of nitrogen functional groups attached to an aromatic ring is 1. The molecule has 1 rings (SSSR count). The zero-order valence-corrected chi connectivity index (χ0v) is 10.9. The number of nitrogens with one attached hydrogen (secondary N) is 1. The summed E-state index contributed by atoms with van der Waals surface area (Å²) in [5.74, 6) is -0.352. The number of nitrogens with zero attached hydrogens (tertiary/aromatic N) is 2. The number of anilines is 2. The number of nitrogens with two attached hydrogens (primary N) is 1. The average molecular weight is 264 g/mol. The van der Waals surface area contributed by atoms with Crippen molar-refractivity contribution >= 4 is 17.5 Å². The second-order valence-corrected chi connectivity index (χ2v) is 3.69. The highest BCUT2D eigenvalue weighted by molar-refractivity contribution is 5.98. The maximum Gasteiger partial charge on any atom is 0.342 e. The molecule has 0 saturated carbocycles. The van der Waals surface area contributed by atoms with Crippen molar-refractivity contribution in [2.45, 2.75) is 13.8 Å². The molecule has 0 bridgehead atoms. The summed E-state index contributed by atoms with van der Waals surface area (Å²) in [4.78, 5) is 15.9. The van der Waals surface area contributed by atoms with Crippen LogP contribution in [0.1, 0.15) is 28.5 Å². The molecule has 0 unspecified atom stereocenters. The lowest BCUT2D eigenvalue weighted by atomic mass is 10.1. The van der Waals surface area contributed by atoms with Gasteiger partial charge in [-0.05, 0) is 13.8 Å². The molecule has 1 aromatic rings. The lowest BCUT2D eigenvalue weighted by molar-refractivity contribution is 0.0526. The van der Waals surface area contributed by atoms with Crippen LogP contribution in [-0.4, -0.2) is 35.8 Å². The van der Waals surface area contributed by atoms with Gasteiger partial charge in [-0.25, -0.2) is 9.78 Å². The summed E-state index contributed by atoms with van der Waals surface area (Å²) < 4.78 is 4.88. The molecule has 0 aliphatic rings. The van der Waals surface area contributed by atoms with Crippen molar-refractivity contribution in [2.75, 3.05) is 30.8 Å². The second-order valence-electron chi connectivity index (χ2n) is 3.69. The monoisotopic (exact) mass is 264 g/mol. The van der Waals surface area contributed by atoms with Crippen LogP contribution in [0.5, 0.6) is 0 Å². The molecule has 0 aromatic carbocycles. The van der Waals surface area contributed by atoms with E-state index in [1.165, 1.54) is 0 Å². The van der Waals surface area contributed by atoms with Crippen LogP contribution in [-0.2, 0) is 4.74 Å². The van der Waals surface area contributed by atoms with E-state index >= 15 is 0 Å². The Bertz CT molecular complexity index is 523. The number of hydrogen-bond acceptors (Lipinski definition) is 7. The fourth-order valence-corrected chi connectivity index (χ4v) is 1.60. The van der Waals surface area contributed by atoms with Crippen molar-refractivity contribution in [3.63, 3.8) is 0 Å².